The van der Waals surface area contributed by atoms with Crippen molar-refractivity contribution < 1.29 is 9.32 Å². The lowest BCUT2D eigenvalue weighted by molar-refractivity contribution is -0.132. The first-order valence-electron chi connectivity index (χ1n) is 8.84. The average molecular weight is 338 g/mol. The topological polar surface area (TPSA) is 64.2 Å². The zero-order valence-electron chi connectivity index (χ0n) is 14.6. The van der Waals surface area contributed by atoms with Gasteiger partial charge in [0.25, 0.3) is 0 Å². The molecule has 0 bridgehead atoms. The number of aromatic nitrogens is 3. The number of nitrogens with zero attached hydrogens (tertiary/aromatic N) is 4. The van der Waals surface area contributed by atoms with Crippen LogP contribution in [0.3, 0.4) is 0 Å². The van der Waals surface area contributed by atoms with Crippen LogP contribution in [-0.4, -0.2) is 32.1 Å². The summed E-state index contributed by atoms with van der Waals surface area (Å²) >= 11 is 0. The third-order valence-electron chi connectivity index (χ3n) is 4.97. The molecule has 0 aliphatic carbocycles. The maximum absolute atomic E-state index is 13.0. The maximum Gasteiger partial charge on any atom is 0.243 e. The van der Waals surface area contributed by atoms with Gasteiger partial charge in [0.2, 0.25) is 11.8 Å². The van der Waals surface area contributed by atoms with E-state index < -0.39 is 0 Å². The molecule has 3 heterocycles. The summed E-state index contributed by atoms with van der Waals surface area (Å²) in [5.41, 5.74) is 2.19. The third-order valence-corrected chi connectivity index (χ3v) is 4.97. The molecule has 2 aromatic heterocycles. The molecule has 1 fully saturated rings. The number of carbonyl (C=O) groups is 1. The Morgan fingerprint density at radius 2 is 2.20 bits per heavy atom. The second kappa shape index (κ2) is 6.35. The normalized spacial score (nSPS) is 17.5. The van der Waals surface area contributed by atoms with Crippen LogP contribution in [-0.2, 0) is 17.8 Å². The Kier molecular flexibility index (Phi) is 4.03. The summed E-state index contributed by atoms with van der Waals surface area (Å²) in [6, 6.07) is 10.2. The van der Waals surface area contributed by atoms with E-state index >= 15 is 0 Å². The van der Waals surface area contributed by atoms with E-state index in [2.05, 4.69) is 32.9 Å². The predicted molar refractivity (Wildman–Crippen MR) is 94.0 cm³/mol. The quantitative estimate of drug-likeness (QED) is 0.732. The fourth-order valence-electron chi connectivity index (χ4n) is 3.66. The molecule has 6 heteroatoms. The van der Waals surface area contributed by atoms with Gasteiger partial charge in [0.1, 0.15) is 6.54 Å². The number of likely N-dealkylation sites (tertiary alicyclic amines) is 1. The Morgan fingerprint density at radius 1 is 1.36 bits per heavy atom. The van der Waals surface area contributed by atoms with Crippen molar-refractivity contribution in [1.82, 2.24) is 19.6 Å². The Bertz CT molecular complexity index is 911. The van der Waals surface area contributed by atoms with Gasteiger partial charge in [-0.05, 0) is 37.3 Å². The van der Waals surface area contributed by atoms with Gasteiger partial charge in [-0.2, -0.15) is 4.98 Å². The maximum atomic E-state index is 13.0. The first-order chi connectivity index (χ1) is 12.2. The highest BCUT2D eigenvalue weighted by Gasteiger charge is 2.33. The molecule has 1 aliphatic heterocycles. The number of carbonyl (C=O) groups excluding carboxylic acids is 1. The number of hydrogen-bond acceptors (Lipinski definition) is 4. The molecular formula is C19H22N4O2. The summed E-state index contributed by atoms with van der Waals surface area (Å²) in [5, 5.41) is 5.24. The second-order valence-electron chi connectivity index (χ2n) is 6.58. The van der Waals surface area contributed by atoms with E-state index in [4.69, 9.17) is 4.52 Å². The van der Waals surface area contributed by atoms with Gasteiger partial charge in [-0.1, -0.05) is 30.3 Å². The van der Waals surface area contributed by atoms with E-state index in [1.807, 2.05) is 30.9 Å². The smallest absolute Gasteiger partial charge is 0.243 e. The van der Waals surface area contributed by atoms with Crippen molar-refractivity contribution in [3.05, 3.63) is 47.7 Å². The van der Waals surface area contributed by atoms with E-state index in [1.165, 1.54) is 0 Å². The van der Waals surface area contributed by atoms with Gasteiger partial charge in [-0.25, -0.2) is 0 Å². The highest BCUT2D eigenvalue weighted by Crippen LogP contribution is 2.31. The molecule has 6 nitrogen and oxygen atoms in total. The van der Waals surface area contributed by atoms with Crippen molar-refractivity contribution in [3.63, 3.8) is 0 Å². The number of aryl methyl sites for hydroxylation is 2. The summed E-state index contributed by atoms with van der Waals surface area (Å²) in [7, 11) is 0. The molecule has 4 rings (SSSR count). The summed E-state index contributed by atoms with van der Waals surface area (Å²) in [6.07, 6.45) is 2.57. The molecule has 3 aromatic rings. The monoisotopic (exact) mass is 338 g/mol. The van der Waals surface area contributed by atoms with Crippen LogP contribution in [0.25, 0.3) is 10.9 Å². The molecule has 1 amide bonds. The van der Waals surface area contributed by atoms with E-state index in [-0.39, 0.29) is 11.9 Å². The van der Waals surface area contributed by atoms with Crippen molar-refractivity contribution in [1.29, 1.82) is 0 Å². The molecule has 1 atom stereocenters. The number of rotatable bonds is 4. The van der Waals surface area contributed by atoms with Crippen LogP contribution in [0.15, 0.2) is 34.9 Å². The Balaban J connectivity index is 1.58. The van der Waals surface area contributed by atoms with E-state index in [0.29, 0.717) is 24.7 Å². The minimum atomic E-state index is -0.0707. The Morgan fingerprint density at radius 3 is 3.00 bits per heavy atom. The highest BCUT2D eigenvalue weighted by atomic mass is 16.5. The standard InChI is InChI=1S/C19H22N4O2/c1-3-17-20-19(21-25-17)16-9-6-10-22(16)18(24)12-23-13(2)11-14-7-4-5-8-15(14)23/h4-5,7-8,11,16H,3,6,9-10,12H2,1-2H3. The Labute approximate surface area is 146 Å². The van der Waals surface area contributed by atoms with Crippen molar-refractivity contribution >= 4 is 16.8 Å². The lowest BCUT2D eigenvalue weighted by Gasteiger charge is -2.23. The molecule has 1 aliphatic rings. The van der Waals surface area contributed by atoms with Crippen LogP contribution in [0, 0.1) is 6.92 Å². The zero-order valence-corrected chi connectivity index (χ0v) is 14.6. The van der Waals surface area contributed by atoms with E-state index in [1.54, 1.807) is 0 Å². The van der Waals surface area contributed by atoms with Crippen LogP contribution in [0.5, 0.6) is 0 Å². The molecule has 0 spiro atoms. The number of para-hydroxylation sites is 1. The molecule has 1 unspecified atom stereocenters. The first kappa shape index (κ1) is 15.9. The fourth-order valence-corrected chi connectivity index (χ4v) is 3.66. The lowest BCUT2D eigenvalue weighted by atomic mass is 10.2. The van der Waals surface area contributed by atoms with Gasteiger partial charge in [0.05, 0.1) is 6.04 Å². The van der Waals surface area contributed by atoms with Crippen LogP contribution in [0.4, 0.5) is 0 Å². The molecule has 25 heavy (non-hydrogen) atoms. The summed E-state index contributed by atoms with van der Waals surface area (Å²) in [4.78, 5) is 19.3. The highest BCUT2D eigenvalue weighted by molar-refractivity contribution is 5.84. The van der Waals surface area contributed by atoms with Crippen molar-refractivity contribution in [3.8, 4) is 0 Å². The predicted octanol–water partition coefficient (Wildman–Crippen LogP) is 3.26. The minimum absolute atomic E-state index is 0.0707. The molecule has 1 aromatic carbocycles. The Hall–Kier alpha value is -2.63. The first-order valence-corrected chi connectivity index (χ1v) is 8.84. The van der Waals surface area contributed by atoms with Gasteiger partial charge in [0.15, 0.2) is 5.82 Å². The van der Waals surface area contributed by atoms with E-state index in [9.17, 15) is 4.79 Å². The summed E-state index contributed by atoms with van der Waals surface area (Å²) in [6.45, 7) is 5.11. The van der Waals surface area contributed by atoms with Gasteiger partial charge < -0.3 is 14.0 Å². The SMILES string of the molecule is CCc1nc(C2CCCN2C(=O)Cn2c(C)cc3ccccc32)no1. The van der Waals surface area contributed by atoms with Gasteiger partial charge in [-0.15, -0.1) is 0 Å². The molecule has 0 saturated carbocycles. The number of amides is 1. The van der Waals surface area contributed by atoms with Gasteiger partial charge in [0, 0.05) is 24.2 Å². The van der Waals surface area contributed by atoms with Crippen LogP contribution in [0.2, 0.25) is 0 Å². The van der Waals surface area contributed by atoms with Crippen molar-refractivity contribution in [2.75, 3.05) is 6.54 Å². The zero-order chi connectivity index (χ0) is 17.4. The number of benzene rings is 1. The average Bonchev–Trinajstić information content (AvgIpc) is 3.33. The fraction of sp³-hybridized carbons (Fsp3) is 0.421. The minimum Gasteiger partial charge on any atom is -0.339 e. The summed E-state index contributed by atoms with van der Waals surface area (Å²) < 4.78 is 7.32. The third kappa shape index (κ3) is 2.81. The molecular weight excluding hydrogens is 316 g/mol. The number of fused-ring (bicyclic) bond motifs is 1. The van der Waals surface area contributed by atoms with Crippen LogP contribution >= 0.6 is 0 Å². The molecule has 1 saturated heterocycles. The largest absolute Gasteiger partial charge is 0.339 e. The lowest BCUT2D eigenvalue weighted by Crippen LogP contribution is -2.34. The van der Waals surface area contributed by atoms with Crippen LogP contribution < -0.4 is 0 Å². The van der Waals surface area contributed by atoms with E-state index in [0.717, 1.165) is 36.0 Å². The van der Waals surface area contributed by atoms with Gasteiger partial charge in [-0.3, -0.25) is 4.79 Å². The van der Waals surface area contributed by atoms with Crippen LogP contribution in [0.1, 0.15) is 43.2 Å². The second-order valence-corrected chi connectivity index (χ2v) is 6.58. The molecule has 130 valence electrons. The summed E-state index contributed by atoms with van der Waals surface area (Å²) in [5.74, 6) is 1.37. The van der Waals surface area contributed by atoms with Crippen molar-refractivity contribution in [2.24, 2.45) is 0 Å². The van der Waals surface area contributed by atoms with Crippen molar-refractivity contribution in [2.45, 2.75) is 45.7 Å². The van der Waals surface area contributed by atoms with Gasteiger partial charge >= 0.3 is 0 Å². The molecule has 0 radical (unpaired) electrons. The molecule has 0 N–H and O–H groups in total. The number of hydrogen-bond donors (Lipinski definition) is 0.